The van der Waals surface area contributed by atoms with Gasteiger partial charge in [0.25, 0.3) is 5.91 Å². The number of carbonyl (C=O) groups is 1. The molecule has 0 aliphatic carbocycles. The molecule has 0 fully saturated rings. The molecule has 6 nitrogen and oxygen atoms in total. The maximum Gasteiger partial charge on any atom is 0.275 e. The number of aromatic nitrogens is 2. The molecule has 2 aromatic heterocycles. The van der Waals surface area contributed by atoms with Crippen molar-refractivity contribution in [1.29, 1.82) is 0 Å². The first-order chi connectivity index (χ1) is 11.5. The van der Waals surface area contributed by atoms with Gasteiger partial charge in [-0.3, -0.25) is 4.79 Å². The summed E-state index contributed by atoms with van der Waals surface area (Å²) in [5.41, 5.74) is 4.50. The minimum atomic E-state index is -0.332. The van der Waals surface area contributed by atoms with E-state index in [-0.39, 0.29) is 5.91 Å². The smallest absolute Gasteiger partial charge is 0.275 e. The Morgan fingerprint density at radius 2 is 1.92 bits per heavy atom. The number of rotatable bonds is 4. The standard InChI is InChI=1S/C18H18N4O2/c1-11-4-6-15(12(2)8-11)20-14-5-7-16(19-10-14)18(23)21-17-9-13(3)24-22-17/h4-10,20H,1-3H3,(H,21,22,23). The molecule has 24 heavy (non-hydrogen) atoms. The van der Waals surface area contributed by atoms with Crippen LogP contribution in [0.2, 0.25) is 0 Å². The van der Waals surface area contributed by atoms with Crippen LogP contribution >= 0.6 is 0 Å². The van der Waals surface area contributed by atoms with E-state index >= 15 is 0 Å². The van der Waals surface area contributed by atoms with Crippen molar-refractivity contribution in [2.24, 2.45) is 0 Å². The van der Waals surface area contributed by atoms with E-state index in [1.807, 2.05) is 25.1 Å². The Labute approximate surface area is 139 Å². The second-order valence-corrected chi connectivity index (χ2v) is 5.65. The van der Waals surface area contributed by atoms with Crippen LogP contribution in [0, 0.1) is 20.8 Å². The van der Waals surface area contributed by atoms with Gasteiger partial charge in [-0.25, -0.2) is 4.98 Å². The highest BCUT2D eigenvalue weighted by molar-refractivity contribution is 6.02. The van der Waals surface area contributed by atoms with Gasteiger partial charge in [0, 0.05) is 11.8 Å². The molecule has 0 aliphatic heterocycles. The first kappa shape index (κ1) is 15.7. The third-order valence-corrected chi connectivity index (χ3v) is 3.53. The molecule has 0 saturated carbocycles. The van der Waals surface area contributed by atoms with Gasteiger partial charge in [-0.15, -0.1) is 0 Å². The summed E-state index contributed by atoms with van der Waals surface area (Å²) in [5.74, 6) is 0.671. The van der Waals surface area contributed by atoms with Crippen molar-refractivity contribution >= 4 is 23.1 Å². The zero-order valence-electron chi connectivity index (χ0n) is 13.8. The quantitative estimate of drug-likeness (QED) is 0.759. The van der Waals surface area contributed by atoms with Crippen molar-refractivity contribution in [2.45, 2.75) is 20.8 Å². The van der Waals surface area contributed by atoms with Crippen LogP contribution in [0.5, 0.6) is 0 Å². The second-order valence-electron chi connectivity index (χ2n) is 5.65. The zero-order valence-corrected chi connectivity index (χ0v) is 13.8. The largest absolute Gasteiger partial charge is 0.360 e. The van der Waals surface area contributed by atoms with Gasteiger partial charge in [0.15, 0.2) is 5.82 Å². The number of amides is 1. The van der Waals surface area contributed by atoms with Crippen LogP contribution in [0.25, 0.3) is 0 Å². The van der Waals surface area contributed by atoms with Gasteiger partial charge in [-0.2, -0.15) is 0 Å². The average molecular weight is 322 g/mol. The molecule has 0 spiro atoms. The maximum absolute atomic E-state index is 12.1. The number of nitrogens with zero attached hydrogens (tertiary/aromatic N) is 2. The van der Waals surface area contributed by atoms with Crippen molar-refractivity contribution < 1.29 is 9.32 Å². The van der Waals surface area contributed by atoms with E-state index in [9.17, 15) is 4.79 Å². The van der Waals surface area contributed by atoms with Crippen LogP contribution in [0.1, 0.15) is 27.4 Å². The highest BCUT2D eigenvalue weighted by Crippen LogP contribution is 2.21. The number of hydrogen-bond acceptors (Lipinski definition) is 5. The van der Waals surface area contributed by atoms with Crippen LogP contribution in [0.15, 0.2) is 47.1 Å². The van der Waals surface area contributed by atoms with E-state index in [4.69, 9.17) is 4.52 Å². The van der Waals surface area contributed by atoms with Crippen molar-refractivity contribution in [3.05, 3.63) is 65.2 Å². The zero-order chi connectivity index (χ0) is 17.1. The minimum Gasteiger partial charge on any atom is -0.360 e. The van der Waals surface area contributed by atoms with E-state index in [1.54, 1.807) is 25.3 Å². The van der Waals surface area contributed by atoms with Gasteiger partial charge in [0.05, 0.1) is 11.9 Å². The Balaban J connectivity index is 1.69. The Morgan fingerprint density at radius 3 is 2.54 bits per heavy atom. The highest BCUT2D eigenvalue weighted by Gasteiger charge is 2.10. The summed E-state index contributed by atoms with van der Waals surface area (Å²) in [7, 11) is 0. The van der Waals surface area contributed by atoms with E-state index in [2.05, 4.69) is 33.8 Å². The van der Waals surface area contributed by atoms with Gasteiger partial charge in [0.1, 0.15) is 11.5 Å². The molecular formula is C18H18N4O2. The molecule has 0 unspecified atom stereocenters. The van der Waals surface area contributed by atoms with Gasteiger partial charge in [0.2, 0.25) is 0 Å². The summed E-state index contributed by atoms with van der Waals surface area (Å²) >= 11 is 0. The Hall–Kier alpha value is -3.15. The van der Waals surface area contributed by atoms with Crippen LogP contribution in [0.3, 0.4) is 0 Å². The first-order valence-corrected chi connectivity index (χ1v) is 7.56. The molecule has 3 aromatic rings. The van der Waals surface area contributed by atoms with Crippen molar-refractivity contribution in [1.82, 2.24) is 10.1 Å². The summed E-state index contributed by atoms with van der Waals surface area (Å²) in [6.45, 7) is 5.86. The van der Waals surface area contributed by atoms with E-state index in [0.29, 0.717) is 17.3 Å². The number of benzene rings is 1. The third kappa shape index (κ3) is 3.60. The van der Waals surface area contributed by atoms with E-state index in [1.165, 1.54) is 5.56 Å². The molecule has 6 heteroatoms. The summed E-state index contributed by atoms with van der Waals surface area (Å²) in [5, 5.41) is 9.66. The summed E-state index contributed by atoms with van der Waals surface area (Å²) in [4.78, 5) is 16.3. The predicted octanol–water partition coefficient (Wildman–Crippen LogP) is 3.99. The monoisotopic (exact) mass is 322 g/mol. The molecule has 0 aliphatic rings. The average Bonchev–Trinajstić information content (AvgIpc) is 2.96. The molecule has 0 atom stereocenters. The summed E-state index contributed by atoms with van der Waals surface area (Å²) in [6, 6.07) is 11.3. The molecule has 0 bridgehead atoms. The molecule has 1 aromatic carbocycles. The van der Waals surface area contributed by atoms with E-state index < -0.39 is 0 Å². The number of pyridine rings is 1. The number of aryl methyl sites for hydroxylation is 3. The third-order valence-electron chi connectivity index (χ3n) is 3.53. The fraction of sp³-hybridized carbons (Fsp3) is 0.167. The lowest BCUT2D eigenvalue weighted by atomic mass is 10.1. The molecule has 2 heterocycles. The summed E-state index contributed by atoms with van der Waals surface area (Å²) < 4.78 is 4.91. The Kier molecular flexibility index (Phi) is 4.29. The van der Waals surface area contributed by atoms with Crippen molar-refractivity contribution in [3.63, 3.8) is 0 Å². The second kappa shape index (κ2) is 6.54. The molecule has 2 N–H and O–H groups in total. The molecular weight excluding hydrogens is 304 g/mol. The topological polar surface area (TPSA) is 80.0 Å². The van der Waals surface area contributed by atoms with Crippen LogP contribution < -0.4 is 10.6 Å². The lowest BCUT2D eigenvalue weighted by Gasteiger charge is -2.10. The van der Waals surface area contributed by atoms with Crippen molar-refractivity contribution in [2.75, 3.05) is 10.6 Å². The molecule has 122 valence electrons. The Bertz CT molecular complexity index is 869. The number of carbonyl (C=O) groups excluding carboxylic acids is 1. The van der Waals surface area contributed by atoms with Crippen LogP contribution in [0.4, 0.5) is 17.2 Å². The van der Waals surface area contributed by atoms with Crippen molar-refractivity contribution in [3.8, 4) is 0 Å². The Morgan fingerprint density at radius 1 is 1.08 bits per heavy atom. The predicted molar refractivity (Wildman–Crippen MR) is 92.6 cm³/mol. The fourth-order valence-corrected chi connectivity index (χ4v) is 2.32. The first-order valence-electron chi connectivity index (χ1n) is 7.56. The maximum atomic E-state index is 12.1. The normalized spacial score (nSPS) is 10.5. The molecule has 0 saturated heterocycles. The number of hydrogen-bond donors (Lipinski definition) is 2. The lowest BCUT2D eigenvalue weighted by molar-refractivity contribution is 0.102. The number of nitrogens with one attached hydrogen (secondary N) is 2. The molecule has 3 rings (SSSR count). The van der Waals surface area contributed by atoms with Crippen LogP contribution in [-0.2, 0) is 0 Å². The van der Waals surface area contributed by atoms with Gasteiger partial charge in [-0.05, 0) is 44.5 Å². The molecule has 0 radical (unpaired) electrons. The number of anilines is 3. The molecule has 1 amide bonds. The SMILES string of the molecule is Cc1ccc(Nc2ccc(C(=O)Nc3cc(C)on3)nc2)c(C)c1. The van der Waals surface area contributed by atoms with Gasteiger partial charge in [-0.1, -0.05) is 22.9 Å². The van der Waals surface area contributed by atoms with E-state index in [0.717, 1.165) is 16.9 Å². The lowest BCUT2D eigenvalue weighted by Crippen LogP contribution is -2.13. The fourth-order valence-electron chi connectivity index (χ4n) is 2.32. The van der Waals surface area contributed by atoms with Crippen LogP contribution in [-0.4, -0.2) is 16.0 Å². The van der Waals surface area contributed by atoms with Gasteiger partial charge >= 0.3 is 0 Å². The van der Waals surface area contributed by atoms with Gasteiger partial charge < -0.3 is 15.2 Å². The highest BCUT2D eigenvalue weighted by atomic mass is 16.5. The summed E-state index contributed by atoms with van der Waals surface area (Å²) in [6.07, 6.45) is 1.63. The minimum absolute atomic E-state index is 0.307.